The fourth-order valence-electron chi connectivity index (χ4n) is 5.21. The van der Waals surface area contributed by atoms with Crippen LogP contribution in [0.2, 0.25) is 0 Å². The lowest BCUT2D eigenvalue weighted by Gasteiger charge is -2.30. The van der Waals surface area contributed by atoms with Crippen LogP contribution in [0.25, 0.3) is 33.0 Å². The van der Waals surface area contributed by atoms with E-state index in [4.69, 9.17) is 9.40 Å². The molecule has 2 aromatic heterocycles. The molecule has 0 aliphatic carbocycles. The van der Waals surface area contributed by atoms with Crippen LogP contribution in [0.5, 0.6) is 0 Å². The molecule has 0 radical (unpaired) electrons. The van der Waals surface area contributed by atoms with E-state index < -0.39 is 0 Å². The Balaban J connectivity index is 1.45. The standard InChI is InChI=1S/C30H22N4O2/c1-18-27(29(35)32-20-9-3-2-4-10-20)28(34-24-13-7-6-12-23(24)33-30(34)31-18)19-15-16-26-22(17-19)21-11-5-8-14-25(21)36-26/h2-17,28H,1H3,(H,31,33)(H,32,35)/t28-/m0/s1. The molecular formula is C30H22N4O2. The average Bonchev–Trinajstić information content (AvgIpc) is 3.46. The second-order valence-corrected chi connectivity index (χ2v) is 9.03. The zero-order valence-corrected chi connectivity index (χ0v) is 19.5. The lowest BCUT2D eigenvalue weighted by molar-refractivity contribution is -0.113. The summed E-state index contributed by atoms with van der Waals surface area (Å²) in [6.45, 7) is 1.93. The van der Waals surface area contributed by atoms with Gasteiger partial charge in [-0.1, -0.05) is 54.6 Å². The highest BCUT2D eigenvalue weighted by molar-refractivity contribution is 6.08. The summed E-state index contributed by atoms with van der Waals surface area (Å²) in [5.74, 6) is 0.559. The maximum absolute atomic E-state index is 13.8. The smallest absolute Gasteiger partial charge is 0.255 e. The normalized spacial score (nSPS) is 15.3. The van der Waals surface area contributed by atoms with E-state index in [1.54, 1.807) is 0 Å². The third kappa shape index (κ3) is 3.11. The molecule has 36 heavy (non-hydrogen) atoms. The number of hydrogen-bond acceptors (Lipinski definition) is 4. The number of amides is 1. The third-order valence-corrected chi connectivity index (χ3v) is 6.82. The van der Waals surface area contributed by atoms with Gasteiger partial charge >= 0.3 is 0 Å². The molecule has 7 rings (SSSR count). The number of nitrogens with zero attached hydrogens (tertiary/aromatic N) is 2. The number of anilines is 2. The highest BCUT2D eigenvalue weighted by Crippen LogP contribution is 2.41. The molecule has 6 heteroatoms. The minimum atomic E-state index is -0.379. The lowest BCUT2D eigenvalue weighted by atomic mass is 9.93. The van der Waals surface area contributed by atoms with E-state index in [1.165, 1.54) is 0 Å². The van der Waals surface area contributed by atoms with Gasteiger partial charge in [0.1, 0.15) is 11.2 Å². The van der Waals surface area contributed by atoms with E-state index in [0.717, 1.165) is 49.9 Å². The number of aromatic nitrogens is 2. The molecule has 1 amide bonds. The Morgan fingerprint density at radius 2 is 1.64 bits per heavy atom. The summed E-state index contributed by atoms with van der Waals surface area (Å²) in [4.78, 5) is 18.6. The molecule has 0 saturated carbocycles. The van der Waals surface area contributed by atoms with Crippen LogP contribution in [0.15, 0.2) is 113 Å². The molecule has 174 valence electrons. The van der Waals surface area contributed by atoms with Crippen LogP contribution in [0.1, 0.15) is 18.5 Å². The SMILES string of the molecule is CC1=C(C(=O)Nc2ccccc2)[C@H](c2ccc3oc4ccccc4c3c2)n2c(nc3ccccc32)N1. The van der Waals surface area contributed by atoms with E-state index in [-0.39, 0.29) is 11.9 Å². The molecule has 2 N–H and O–H groups in total. The van der Waals surface area contributed by atoms with Crippen molar-refractivity contribution in [1.82, 2.24) is 9.55 Å². The van der Waals surface area contributed by atoms with Crippen molar-refractivity contribution in [2.45, 2.75) is 13.0 Å². The summed E-state index contributed by atoms with van der Waals surface area (Å²) in [6, 6.07) is 31.4. The topological polar surface area (TPSA) is 72.1 Å². The zero-order chi connectivity index (χ0) is 24.2. The van der Waals surface area contributed by atoms with Gasteiger partial charge in [-0.15, -0.1) is 0 Å². The number of rotatable bonds is 3. The highest BCUT2D eigenvalue weighted by atomic mass is 16.3. The van der Waals surface area contributed by atoms with Gasteiger partial charge in [0.15, 0.2) is 0 Å². The molecule has 1 atom stereocenters. The molecule has 1 aliphatic heterocycles. The van der Waals surface area contributed by atoms with Crippen LogP contribution in [-0.4, -0.2) is 15.5 Å². The van der Waals surface area contributed by atoms with Gasteiger partial charge in [-0.3, -0.25) is 9.36 Å². The van der Waals surface area contributed by atoms with Crippen molar-refractivity contribution in [3.63, 3.8) is 0 Å². The number of fused-ring (bicyclic) bond motifs is 6. The van der Waals surface area contributed by atoms with E-state index in [9.17, 15) is 4.79 Å². The van der Waals surface area contributed by atoms with Crippen LogP contribution in [0, 0.1) is 0 Å². The van der Waals surface area contributed by atoms with E-state index in [0.29, 0.717) is 11.5 Å². The van der Waals surface area contributed by atoms with Crippen LogP contribution < -0.4 is 10.6 Å². The van der Waals surface area contributed by atoms with E-state index in [1.807, 2.05) is 91.9 Å². The van der Waals surface area contributed by atoms with Crippen LogP contribution in [-0.2, 0) is 4.79 Å². The van der Waals surface area contributed by atoms with Crippen molar-refractivity contribution < 1.29 is 9.21 Å². The van der Waals surface area contributed by atoms with Crippen LogP contribution in [0.4, 0.5) is 11.6 Å². The first-order valence-electron chi connectivity index (χ1n) is 11.9. The Kier molecular flexibility index (Phi) is 4.48. The van der Waals surface area contributed by atoms with Gasteiger partial charge in [-0.2, -0.15) is 0 Å². The number of furan rings is 1. The number of benzene rings is 4. The molecule has 3 heterocycles. The van der Waals surface area contributed by atoms with E-state index in [2.05, 4.69) is 27.3 Å². The van der Waals surface area contributed by atoms with Gasteiger partial charge in [0, 0.05) is 22.2 Å². The molecule has 0 spiro atoms. The Bertz CT molecular complexity index is 1830. The minimum Gasteiger partial charge on any atom is -0.456 e. The molecule has 0 saturated heterocycles. The largest absolute Gasteiger partial charge is 0.456 e. The first-order valence-corrected chi connectivity index (χ1v) is 11.9. The van der Waals surface area contributed by atoms with Gasteiger partial charge in [0.2, 0.25) is 5.95 Å². The molecule has 0 bridgehead atoms. The molecule has 0 fully saturated rings. The van der Waals surface area contributed by atoms with Crippen molar-refractivity contribution in [2.24, 2.45) is 0 Å². The Hall–Kier alpha value is -4.84. The van der Waals surface area contributed by atoms with Crippen molar-refractivity contribution in [3.05, 3.63) is 114 Å². The number of carbonyl (C=O) groups is 1. The summed E-state index contributed by atoms with van der Waals surface area (Å²) in [6.07, 6.45) is 0. The lowest BCUT2D eigenvalue weighted by Crippen LogP contribution is -2.30. The Labute approximate surface area is 206 Å². The first-order chi connectivity index (χ1) is 17.7. The zero-order valence-electron chi connectivity index (χ0n) is 19.5. The van der Waals surface area contributed by atoms with Crippen molar-refractivity contribution in [3.8, 4) is 0 Å². The number of allylic oxidation sites excluding steroid dienone is 1. The third-order valence-electron chi connectivity index (χ3n) is 6.82. The Morgan fingerprint density at radius 3 is 2.53 bits per heavy atom. The molecule has 0 unspecified atom stereocenters. The number of carbonyl (C=O) groups excluding carboxylic acids is 1. The fraction of sp³-hybridized carbons (Fsp3) is 0.0667. The number of para-hydroxylation sites is 4. The predicted octanol–water partition coefficient (Wildman–Crippen LogP) is 6.86. The van der Waals surface area contributed by atoms with Crippen molar-refractivity contribution >= 4 is 50.5 Å². The van der Waals surface area contributed by atoms with Gasteiger partial charge in [-0.05, 0) is 55.0 Å². The highest BCUT2D eigenvalue weighted by Gasteiger charge is 2.34. The average molecular weight is 471 g/mol. The second-order valence-electron chi connectivity index (χ2n) is 9.03. The predicted molar refractivity (Wildman–Crippen MR) is 143 cm³/mol. The van der Waals surface area contributed by atoms with Crippen molar-refractivity contribution in [2.75, 3.05) is 10.6 Å². The maximum atomic E-state index is 13.8. The van der Waals surface area contributed by atoms with Gasteiger partial charge in [0.05, 0.1) is 22.6 Å². The maximum Gasteiger partial charge on any atom is 0.255 e. The quantitative estimate of drug-likeness (QED) is 0.296. The minimum absolute atomic E-state index is 0.156. The monoisotopic (exact) mass is 470 g/mol. The molecule has 6 aromatic rings. The van der Waals surface area contributed by atoms with Gasteiger partial charge in [-0.25, -0.2) is 4.98 Å². The van der Waals surface area contributed by atoms with Gasteiger partial charge < -0.3 is 15.1 Å². The summed E-state index contributed by atoms with van der Waals surface area (Å²) in [7, 11) is 0. The van der Waals surface area contributed by atoms with Crippen LogP contribution >= 0.6 is 0 Å². The first kappa shape index (κ1) is 20.5. The number of hydrogen-bond donors (Lipinski definition) is 2. The molecule has 6 nitrogen and oxygen atoms in total. The Morgan fingerprint density at radius 1 is 0.889 bits per heavy atom. The number of nitrogens with one attached hydrogen (secondary N) is 2. The summed E-state index contributed by atoms with van der Waals surface area (Å²) < 4.78 is 8.19. The summed E-state index contributed by atoms with van der Waals surface area (Å²) >= 11 is 0. The van der Waals surface area contributed by atoms with Crippen LogP contribution in [0.3, 0.4) is 0 Å². The van der Waals surface area contributed by atoms with Crippen molar-refractivity contribution in [1.29, 1.82) is 0 Å². The number of imidazole rings is 1. The molecule has 4 aromatic carbocycles. The van der Waals surface area contributed by atoms with E-state index >= 15 is 0 Å². The van der Waals surface area contributed by atoms with Gasteiger partial charge in [0.25, 0.3) is 5.91 Å². The molecule has 1 aliphatic rings. The molecular weight excluding hydrogens is 448 g/mol. The summed E-state index contributed by atoms with van der Waals surface area (Å²) in [5.41, 5.74) is 6.64. The second kappa shape index (κ2) is 7.85. The fourth-order valence-corrected chi connectivity index (χ4v) is 5.21. The summed E-state index contributed by atoms with van der Waals surface area (Å²) in [5, 5.41) is 8.54.